The maximum absolute atomic E-state index is 12.3. The van der Waals surface area contributed by atoms with Gasteiger partial charge in [0.05, 0.1) is 16.9 Å². The van der Waals surface area contributed by atoms with Gasteiger partial charge in [0.2, 0.25) is 0 Å². The molecule has 1 amide bonds. The summed E-state index contributed by atoms with van der Waals surface area (Å²) < 4.78 is 0. The number of nitrogens with one attached hydrogen (secondary N) is 1. The van der Waals surface area contributed by atoms with E-state index in [0.29, 0.717) is 22.6 Å². The third kappa shape index (κ3) is 2.99. The first-order chi connectivity index (χ1) is 10.6. The molecular formula is C17H14N3OS. The number of anilines is 2. The van der Waals surface area contributed by atoms with Crippen LogP contribution in [0.4, 0.5) is 11.4 Å². The fourth-order valence-electron chi connectivity index (χ4n) is 2.01. The van der Waals surface area contributed by atoms with Gasteiger partial charge in [-0.1, -0.05) is 12.1 Å². The summed E-state index contributed by atoms with van der Waals surface area (Å²) in [5.41, 5.74) is 9.18. The van der Waals surface area contributed by atoms with E-state index in [0.717, 1.165) is 10.4 Å². The van der Waals surface area contributed by atoms with E-state index in [1.165, 1.54) is 6.20 Å². The van der Waals surface area contributed by atoms with Crippen LogP contribution in [-0.4, -0.2) is 10.9 Å². The summed E-state index contributed by atoms with van der Waals surface area (Å²) in [5.74, 6) is -0.248. The SMILES string of the molecule is [CH2]c1ccc(C(=O)Nc2cc(-c3cccs3)ccc2N)cn1. The molecule has 0 fully saturated rings. The van der Waals surface area contributed by atoms with Crippen molar-refractivity contribution in [3.8, 4) is 10.4 Å². The first-order valence-corrected chi connectivity index (χ1v) is 7.54. The summed E-state index contributed by atoms with van der Waals surface area (Å²) in [7, 11) is 0. The topological polar surface area (TPSA) is 68.0 Å². The number of carbonyl (C=O) groups excluding carboxylic acids is 1. The molecular weight excluding hydrogens is 294 g/mol. The first kappa shape index (κ1) is 14.3. The summed E-state index contributed by atoms with van der Waals surface area (Å²) in [4.78, 5) is 17.4. The number of thiophene rings is 1. The van der Waals surface area contributed by atoms with Crippen LogP contribution in [0.5, 0.6) is 0 Å². The van der Waals surface area contributed by atoms with Gasteiger partial charge in [0.1, 0.15) is 0 Å². The van der Waals surface area contributed by atoms with Crippen LogP contribution >= 0.6 is 11.3 Å². The Morgan fingerprint density at radius 2 is 2.09 bits per heavy atom. The Labute approximate surface area is 132 Å². The molecule has 3 N–H and O–H groups in total. The lowest BCUT2D eigenvalue weighted by molar-refractivity contribution is 0.102. The number of rotatable bonds is 3. The Morgan fingerprint density at radius 3 is 2.77 bits per heavy atom. The lowest BCUT2D eigenvalue weighted by atomic mass is 10.1. The van der Waals surface area contributed by atoms with E-state index in [4.69, 9.17) is 5.73 Å². The molecule has 0 unspecified atom stereocenters. The van der Waals surface area contributed by atoms with Crippen molar-refractivity contribution < 1.29 is 4.79 Å². The first-order valence-electron chi connectivity index (χ1n) is 6.66. The predicted octanol–water partition coefficient (Wildman–Crippen LogP) is 3.83. The van der Waals surface area contributed by atoms with Crippen molar-refractivity contribution in [2.24, 2.45) is 0 Å². The maximum Gasteiger partial charge on any atom is 0.257 e. The number of aromatic nitrogens is 1. The number of hydrogen-bond acceptors (Lipinski definition) is 4. The van der Waals surface area contributed by atoms with Crippen molar-refractivity contribution in [3.63, 3.8) is 0 Å². The van der Waals surface area contributed by atoms with Crippen LogP contribution in [0.3, 0.4) is 0 Å². The van der Waals surface area contributed by atoms with Crippen LogP contribution < -0.4 is 11.1 Å². The maximum atomic E-state index is 12.3. The van der Waals surface area contributed by atoms with Gasteiger partial charge in [-0.3, -0.25) is 9.78 Å². The van der Waals surface area contributed by atoms with E-state index in [-0.39, 0.29) is 5.91 Å². The fraction of sp³-hybridized carbons (Fsp3) is 0. The average Bonchev–Trinajstić information content (AvgIpc) is 3.04. The zero-order valence-corrected chi connectivity index (χ0v) is 12.6. The van der Waals surface area contributed by atoms with Crippen molar-refractivity contribution in [2.45, 2.75) is 0 Å². The van der Waals surface area contributed by atoms with E-state index in [9.17, 15) is 4.79 Å². The number of nitrogen functional groups attached to an aromatic ring is 1. The molecule has 0 aliphatic heterocycles. The Bertz CT molecular complexity index is 795. The number of nitrogens with zero attached hydrogens (tertiary/aromatic N) is 1. The van der Waals surface area contributed by atoms with Gasteiger partial charge in [-0.2, -0.15) is 0 Å². The molecule has 3 aromatic rings. The number of carbonyl (C=O) groups is 1. The molecule has 109 valence electrons. The van der Waals surface area contributed by atoms with Crippen molar-refractivity contribution in [1.82, 2.24) is 4.98 Å². The van der Waals surface area contributed by atoms with E-state index in [2.05, 4.69) is 17.2 Å². The molecule has 0 saturated heterocycles. The molecule has 22 heavy (non-hydrogen) atoms. The van der Waals surface area contributed by atoms with Crippen LogP contribution in [0.1, 0.15) is 16.1 Å². The number of amides is 1. The summed E-state index contributed by atoms with van der Waals surface area (Å²) >= 11 is 1.64. The van der Waals surface area contributed by atoms with Crippen LogP contribution in [-0.2, 0) is 0 Å². The van der Waals surface area contributed by atoms with Crippen LogP contribution in [0, 0.1) is 6.92 Å². The third-order valence-corrected chi connectivity index (χ3v) is 4.11. The van der Waals surface area contributed by atoms with Crippen molar-refractivity contribution >= 4 is 28.6 Å². The standard InChI is InChI=1S/C17H14N3OS/c1-11-4-5-13(10-19-11)17(21)20-15-9-12(6-7-14(15)18)16-3-2-8-22-16/h2-10H,1,18H2,(H,20,21). The minimum atomic E-state index is -0.248. The summed E-state index contributed by atoms with van der Waals surface area (Å²) in [6, 6.07) is 13.0. The zero-order chi connectivity index (χ0) is 15.5. The third-order valence-electron chi connectivity index (χ3n) is 3.19. The van der Waals surface area contributed by atoms with E-state index >= 15 is 0 Å². The van der Waals surface area contributed by atoms with Gasteiger partial charge < -0.3 is 11.1 Å². The van der Waals surface area contributed by atoms with E-state index in [1.54, 1.807) is 29.5 Å². The van der Waals surface area contributed by atoms with Crippen molar-refractivity contribution in [2.75, 3.05) is 11.1 Å². The number of hydrogen-bond donors (Lipinski definition) is 2. The predicted molar refractivity (Wildman–Crippen MR) is 90.8 cm³/mol. The van der Waals surface area contributed by atoms with Crippen LogP contribution in [0.25, 0.3) is 10.4 Å². The second-order valence-corrected chi connectivity index (χ2v) is 5.72. The largest absolute Gasteiger partial charge is 0.397 e. The van der Waals surface area contributed by atoms with Crippen molar-refractivity contribution in [1.29, 1.82) is 0 Å². The lowest BCUT2D eigenvalue weighted by Crippen LogP contribution is -2.13. The van der Waals surface area contributed by atoms with Crippen LogP contribution in [0.2, 0.25) is 0 Å². The van der Waals surface area contributed by atoms with Gasteiger partial charge >= 0.3 is 0 Å². The quantitative estimate of drug-likeness (QED) is 0.723. The summed E-state index contributed by atoms with van der Waals surface area (Å²) in [6.45, 7) is 3.70. The highest BCUT2D eigenvalue weighted by molar-refractivity contribution is 7.13. The van der Waals surface area contributed by atoms with E-state index < -0.39 is 0 Å². The smallest absolute Gasteiger partial charge is 0.257 e. The van der Waals surface area contributed by atoms with Gasteiger partial charge in [0.15, 0.2) is 0 Å². The molecule has 0 atom stereocenters. The fourth-order valence-corrected chi connectivity index (χ4v) is 2.74. The molecule has 2 aromatic heterocycles. The number of nitrogens with two attached hydrogens (primary N) is 1. The molecule has 0 spiro atoms. The molecule has 3 rings (SSSR count). The molecule has 2 heterocycles. The molecule has 0 aliphatic carbocycles. The number of pyridine rings is 1. The molecule has 1 radical (unpaired) electrons. The second kappa shape index (κ2) is 5.99. The minimum absolute atomic E-state index is 0.248. The highest BCUT2D eigenvalue weighted by Crippen LogP contribution is 2.30. The van der Waals surface area contributed by atoms with E-state index in [1.807, 2.05) is 29.6 Å². The Balaban J connectivity index is 1.87. The van der Waals surface area contributed by atoms with Gasteiger partial charge in [0.25, 0.3) is 5.91 Å². The molecule has 1 aromatic carbocycles. The molecule has 5 heteroatoms. The highest BCUT2D eigenvalue weighted by Gasteiger charge is 2.10. The van der Waals surface area contributed by atoms with Crippen LogP contribution in [0.15, 0.2) is 54.0 Å². The molecule has 0 aliphatic rings. The summed E-state index contributed by atoms with van der Waals surface area (Å²) in [5, 5.41) is 4.84. The van der Waals surface area contributed by atoms with Gasteiger partial charge in [-0.25, -0.2) is 0 Å². The highest BCUT2D eigenvalue weighted by atomic mass is 32.1. The van der Waals surface area contributed by atoms with Gasteiger partial charge in [-0.05, 0) is 48.2 Å². The zero-order valence-electron chi connectivity index (χ0n) is 11.7. The van der Waals surface area contributed by atoms with Gasteiger partial charge in [-0.15, -0.1) is 11.3 Å². The van der Waals surface area contributed by atoms with Crippen molar-refractivity contribution in [3.05, 3.63) is 72.2 Å². The van der Waals surface area contributed by atoms with Gasteiger partial charge in [0, 0.05) is 16.8 Å². The molecule has 4 nitrogen and oxygen atoms in total. The Morgan fingerprint density at radius 1 is 1.23 bits per heavy atom. The Kier molecular flexibility index (Phi) is 3.89. The lowest BCUT2D eigenvalue weighted by Gasteiger charge is -2.10. The average molecular weight is 308 g/mol. The monoisotopic (exact) mass is 308 g/mol. The normalized spacial score (nSPS) is 10.4. The molecule has 0 bridgehead atoms. The summed E-state index contributed by atoms with van der Waals surface area (Å²) in [6.07, 6.45) is 1.50. The molecule has 0 saturated carbocycles. The second-order valence-electron chi connectivity index (χ2n) is 4.77. The number of benzene rings is 1. The Hall–Kier alpha value is -2.66. The minimum Gasteiger partial charge on any atom is -0.397 e.